The van der Waals surface area contributed by atoms with Crippen molar-refractivity contribution in [3.05, 3.63) is 66.4 Å². The number of hydrogen-bond donors (Lipinski definition) is 2. The summed E-state index contributed by atoms with van der Waals surface area (Å²) in [5.74, 6) is -0.498. The van der Waals surface area contributed by atoms with E-state index in [-0.39, 0.29) is 18.7 Å². The van der Waals surface area contributed by atoms with E-state index in [9.17, 15) is 18.0 Å². The van der Waals surface area contributed by atoms with Crippen molar-refractivity contribution >= 4 is 28.2 Å². The molecule has 1 heterocycles. The minimum absolute atomic E-state index is 0.0232. The molecule has 0 unspecified atom stereocenters. The lowest BCUT2D eigenvalue weighted by Crippen LogP contribution is -2.19. The van der Waals surface area contributed by atoms with Crippen LogP contribution in [-0.4, -0.2) is 17.4 Å². The van der Waals surface area contributed by atoms with Crippen molar-refractivity contribution in [2.75, 3.05) is 17.2 Å². The molecule has 0 aliphatic rings. The monoisotopic (exact) mass is 359 g/mol. The Hall–Kier alpha value is -3.09. The summed E-state index contributed by atoms with van der Waals surface area (Å²) >= 11 is 0. The van der Waals surface area contributed by atoms with Crippen molar-refractivity contribution in [1.82, 2.24) is 4.98 Å². The standard InChI is InChI=1S/C19H16F3N3O/c20-19(21,22)14-7-1-2-8-15(14)25-17(26)10-12-23-16-9-3-5-13-6-4-11-24-18(13)16/h1-9,11,23H,10,12H2,(H,25,26). The number of alkyl halides is 3. The van der Waals surface area contributed by atoms with E-state index >= 15 is 0 Å². The van der Waals surface area contributed by atoms with Gasteiger partial charge in [-0.15, -0.1) is 0 Å². The number of halogens is 3. The smallest absolute Gasteiger partial charge is 0.383 e. The number of rotatable bonds is 5. The molecule has 0 spiro atoms. The molecule has 3 aromatic rings. The lowest BCUT2D eigenvalue weighted by molar-refractivity contribution is -0.137. The topological polar surface area (TPSA) is 54.0 Å². The largest absolute Gasteiger partial charge is 0.418 e. The maximum Gasteiger partial charge on any atom is 0.418 e. The summed E-state index contributed by atoms with van der Waals surface area (Å²) in [4.78, 5) is 16.3. The Bertz CT molecular complexity index is 920. The van der Waals surface area contributed by atoms with Crippen molar-refractivity contribution in [3.63, 3.8) is 0 Å². The number of anilines is 2. The highest BCUT2D eigenvalue weighted by Crippen LogP contribution is 2.34. The van der Waals surface area contributed by atoms with Crippen LogP contribution in [0.15, 0.2) is 60.8 Å². The Labute approximate surface area is 148 Å². The number of nitrogens with zero attached hydrogens (tertiary/aromatic N) is 1. The van der Waals surface area contributed by atoms with Gasteiger partial charge in [0.15, 0.2) is 0 Å². The average molecular weight is 359 g/mol. The molecule has 2 aromatic carbocycles. The maximum atomic E-state index is 12.9. The van der Waals surface area contributed by atoms with Crippen LogP contribution in [0.1, 0.15) is 12.0 Å². The summed E-state index contributed by atoms with van der Waals surface area (Å²) in [6.45, 7) is 0.274. The number of fused-ring (bicyclic) bond motifs is 1. The first-order valence-electron chi connectivity index (χ1n) is 7.99. The predicted molar refractivity (Wildman–Crippen MR) is 94.9 cm³/mol. The zero-order valence-corrected chi connectivity index (χ0v) is 13.7. The van der Waals surface area contributed by atoms with Crippen LogP contribution < -0.4 is 10.6 Å². The molecule has 4 nitrogen and oxygen atoms in total. The van der Waals surface area contributed by atoms with Crippen LogP contribution in [0.5, 0.6) is 0 Å². The molecule has 3 rings (SSSR count). The van der Waals surface area contributed by atoms with Crippen molar-refractivity contribution < 1.29 is 18.0 Å². The zero-order chi connectivity index (χ0) is 18.6. The molecule has 0 saturated carbocycles. The molecule has 0 aliphatic carbocycles. The van der Waals surface area contributed by atoms with Gasteiger partial charge in [-0.2, -0.15) is 13.2 Å². The molecule has 0 aliphatic heterocycles. The highest BCUT2D eigenvalue weighted by molar-refractivity contribution is 5.93. The summed E-state index contributed by atoms with van der Waals surface area (Å²) in [5.41, 5.74) is 0.445. The minimum Gasteiger partial charge on any atom is -0.383 e. The van der Waals surface area contributed by atoms with E-state index in [1.165, 1.54) is 18.2 Å². The highest BCUT2D eigenvalue weighted by Gasteiger charge is 2.33. The van der Waals surface area contributed by atoms with E-state index in [0.29, 0.717) is 0 Å². The van der Waals surface area contributed by atoms with Crippen LogP contribution >= 0.6 is 0 Å². The van der Waals surface area contributed by atoms with Crippen LogP contribution in [0.2, 0.25) is 0 Å². The Morgan fingerprint density at radius 1 is 0.962 bits per heavy atom. The first-order chi connectivity index (χ1) is 12.4. The van der Waals surface area contributed by atoms with E-state index in [1.807, 2.05) is 30.3 Å². The number of benzene rings is 2. The van der Waals surface area contributed by atoms with Gasteiger partial charge in [0.05, 0.1) is 22.5 Å². The predicted octanol–water partition coefficient (Wildman–Crippen LogP) is 4.69. The Morgan fingerprint density at radius 2 is 1.69 bits per heavy atom. The van der Waals surface area contributed by atoms with Gasteiger partial charge in [-0.25, -0.2) is 0 Å². The average Bonchev–Trinajstić information content (AvgIpc) is 2.61. The third-order valence-corrected chi connectivity index (χ3v) is 3.81. The summed E-state index contributed by atoms with van der Waals surface area (Å²) in [6, 6.07) is 14.3. The van der Waals surface area contributed by atoms with Gasteiger partial charge >= 0.3 is 6.18 Å². The normalized spacial score (nSPS) is 11.3. The zero-order valence-electron chi connectivity index (χ0n) is 13.7. The lowest BCUT2D eigenvalue weighted by atomic mass is 10.1. The van der Waals surface area contributed by atoms with Crippen molar-refractivity contribution in [3.8, 4) is 0 Å². The number of pyridine rings is 1. The number of aromatic nitrogens is 1. The van der Waals surface area contributed by atoms with Gasteiger partial charge in [0.1, 0.15) is 0 Å². The second-order valence-corrected chi connectivity index (χ2v) is 5.65. The van der Waals surface area contributed by atoms with Gasteiger partial charge in [0, 0.05) is 24.5 Å². The molecule has 0 radical (unpaired) electrons. The fourth-order valence-electron chi connectivity index (χ4n) is 2.61. The van der Waals surface area contributed by atoms with Gasteiger partial charge in [-0.3, -0.25) is 9.78 Å². The molecule has 26 heavy (non-hydrogen) atoms. The van der Waals surface area contributed by atoms with Crippen LogP contribution in [0.25, 0.3) is 10.9 Å². The molecule has 1 amide bonds. The summed E-state index contributed by atoms with van der Waals surface area (Å²) in [6.07, 6.45) is -2.82. The second kappa shape index (κ2) is 7.43. The number of para-hydroxylation sites is 2. The number of carbonyl (C=O) groups excluding carboxylic acids is 1. The fourth-order valence-corrected chi connectivity index (χ4v) is 2.61. The number of carbonyl (C=O) groups is 1. The van der Waals surface area contributed by atoms with Gasteiger partial charge in [-0.1, -0.05) is 30.3 Å². The van der Waals surface area contributed by atoms with E-state index in [2.05, 4.69) is 15.6 Å². The van der Waals surface area contributed by atoms with Gasteiger partial charge in [-0.05, 0) is 24.3 Å². The summed E-state index contributed by atoms with van der Waals surface area (Å²) in [7, 11) is 0. The van der Waals surface area contributed by atoms with E-state index in [4.69, 9.17) is 0 Å². The van der Waals surface area contributed by atoms with E-state index in [1.54, 1.807) is 6.20 Å². The van der Waals surface area contributed by atoms with Crippen molar-refractivity contribution in [1.29, 1.82) is 0 Å². The first-order valence-corrected chi connectivity index (χ1v) is 7.99. The molecule has 7 heteroatoms. The molecule has 1 aromatic heterocycles. The molecule has 0 fully saturated rings. The Balaban J connectivity index is 1.62. The number of hydrogen-bond acceptors (Lipinski definition) is 3. The lowest BCUT2D eigenvalue weighted by Gasteiger charge is -2.14. The van der Waals surface area contributed by atoms with Crippen molar-refractivity contribution in [2.24, 2.45) is 0 Å². The molecular formula is C19H16F3N3O. The molecule has 0 bridgehead atoms. The van der Waals surface area contributed by atoms with Crippen LogP contribution in [0.4, 0.5) is 24.5 Å². The molecule has 2 N–H and O–H groups in total. The van der Waals surface area contributed by atoms with Crippen LogP contribution in [-0.2, 0) is 11.0 Å². The molecular weight excluding hydrogens is 343 g/mol. The van der Waals surface area contributed by atoms with E-state index in [0.717, 1.165) is 22.7 Å². The summed E-state index contributed by atoms with van der Waals surface area (Å²) < 4.78 is 38.8. The SMILES string of the molecule is O=C(CCNc1cccc2cccnc12)Nc1ccccc1C(F)(F)F. The third kappa shape index (κ3) is 4.11. The molecule has 0 saturated heterocycles. The Kier molecular flexibility index (Phi) is 5.06. The minimum atomic E-state index is -4.52. The second-order valence-electron chi connectivity index (χ2n) is 5.65. The number of amides is 1. The van der Waals surface area contributed by atoms with Gasteiger partial charge < -0.3 is 10.6 Å². The fraction of sp³-hybridized carbons (Fsp3) is 0.158. The van der Waals surface area contributed by atoms with Gasteiger partial charge in [0.25, 0.3) is 0 Å². The van der Waals surface area contributed by atoms with Crippen LogP contribution in [0, 0.1) is 0 Å². The van der Waals surface area contributed by atoms with E-state index < -0.39 is 17.6 Å². The highest BCUT2D eigenvalue weighted by atomic mass is 19.4. The molecule has 0 atom stereocenters. The number of nitrogens with one attached hydrogen (secondary N) is 2. The quantitative estimate of drug-likeness (QED) is 0.695. The van der Waals surface area contributed by atoms with Crippen LogP contribution in [0.3, 0.4) is 0 Å². The van der Waals surface area contributed by atoms with Gasteiger partial charge in [0.2, 0.25) is 5.91 Å². The summed E-state index contributed by atoms with van der Waals surface area (Å²) in [5, 5.41) is 6.39. The third-order valence-electron chi connectivity index (χ3n) is 3.81. The first kappa shape index (κ1) is 17.7. The van der Waals surface area contributed by atoms with Crippen molar-refractivity contribution in [2.45, 2.75) is 12.6 Å². The molecule has 134 valence electrons. The maximum absolute atomic E-state index is 12.9. The Morgan fingerprint density at radius 3 is 2.50 bits per heavy atom.